The molecule has 4 aromatic carbocycles. The normalized spacial score (nSPS) is 11.2. The van der Waals surface area contributed by atoms with Crippen LogP contribution in [0.1, 0.15) is 15.9 Å². The minimum Gasteiger partial charge on any atom is -0.496 e. The SMILES string of the molecule is COc1cc(CC(=O)c2ccc3nc(-c4c(Cl)cccc4Cl)[nH]c3c2)cc2ccccc12. The Morgan fingerprint density at radius 1 is 0.969 bits per heavy atom. The van der Waals surface area contributed by atoms with Crippen LogP contribution in [0.3, 0.4) is 0 Å². The monoisotopic (exact) mass is 460 g/mol. The van der Waals surface area contributed by atoms with Crippen LogP contribution in [0.4, 0.5) is 0 Å². The highest BCUT2D eigenvalue weighted by atomic mass is 35.5. The molecule has 158 valence electrons. The first-order chi connectivity index (χ1) is 15.5. The minimum absolute atomic E-state index is 0.0103. The molecule has 0 aliphatic heterocycles. The number of nitrogens with one attached hydrogen (secondary N) is 1. The van der Waals surface area contributed by atoms with Crippen LogP contribution < -0.4 is 4.74 Å². The third-order valence-corrected chi connectivity index (χ3v) is 6.10. The number of methoxy groups -OCH3 is 1. The van der Waals surface area contributed by atoms with E-state index in [4.69, 9.17) is 27.9 Å². The zero-order valence-corrected chi connectivity index (χ0v) is 18.7. The summed E-state index contributed by atoms with van der Waals surface area (Å²) in [7, 11) is 1.64. The Morgan fingerprint density at radius 2 is 1.75 bits per heavy atom. The lowest BCUT2D eigenvalue weighted by Gasteiger charge is -2.09. The van der Waals surface area contributed by atoms with Crippen molar-refractivity contribution in [1.29, 1.82) is 0 Å². The number of ketones is 1. The summed E-state index contributed by atoms with van der Waals surface area (Å²) in [6, 6.07) is 22.7. The van der Waals surface area contributed by atoms with Crippen LogP contribution in [0.5, 0.6) is 5.75 Å². The van der Waals surface area contributed by atoms with E-state index in [2.05, 4.69) is 9.97 Å². The predicted molar refractivity (Wildman–Crippen MR) is 130 cm³/mol. The third-order valence-electron chi connectivity index (χ3n) is 5.47. The molecule has 6 heteroatoms. The molecule has 32 heavy (non-hydrogen) atoms. The molecule has 0 saturated carbocycles. The van der Waals surface area contributed by atoms with Crippen molar-refractivity contribution in [1.82, 2.24) is 9.97 Å². The van der Waals surface area contributed by atoms with Crippen LogP contribution >= 0.6 is 23.2 Å². The minimum atomic E-state index is 0.0103. The van der Waals surface area contributed by atoms with E-state index in [0.717, 1.165) is 33.1 Å². The second-order valence-electron chi connectivity index (χ2n) is 7.53. The zero-order chi connectivity index (χ0) is 22.2. The van der Waals surface area contributed by atoms with Gasteiger partial charge in [-0.1, -0.05) is 59.6 Å². The van der Waals surface area contributed by atoms with E-state index in [1.807, 2.05) is 48.5 Å². The maximum Gasteiger partial charge on any atom is 0.167 e. The molecule has 1 heterocycles. The molecular formula is C26H18Cl2N2O2. The number of halogens is 2. The largest absolute Gasteiger partial charge is 0.496 e. The highest BCUT2D eigenvalue weighted by Gasteiger charge is 2.15. The van der Waals surface area contributed by atoms with Gasteiger partial charge in [0, 0.05) is 17.4 Å². The molecule has 0 aliphatic carbocycles. The summed E-state index contributed by atoms with van der Waals surface area (Å²) in [5.74, 6) is 1.34. The number of ether oxygens (including phenoxy) is 1. The summed E-state index contributed by atoms with van der Waals surface area (Å²) in [5, 5.41) is 3.09. The van der Waals surface area contributed by atoms with Gasteiger partial charge in [-0.3, -0.25) is 4.79 Å². The second-order valence-corrected chi connectivity index (χ2v) is 8.35. The van der Waals surface area contributed by atoms with Crippen molar-refractivity contribution < 1.29 is 9.53 Å². The van der Waals surface area contributed by atoms with Gasteiger partial charge >= 0.3 is 0 Å². The fraction of sp³-hybridized carbons (Fsp3) is 0.0769. The number of hydrogen-bond donors (Lipinski definition) is 1. The number of hydrogen-bond acceptors (Lipinski definition) is 3. The highest BCUT2D eigenvalue weighted by Crippen LogP contribution is 2.34. The number of benzene rings is 4. The van der Waals surface area contributed by atoms with E-state index in [0.29, 0.717) is 27.0 Å². The Hall–Kier alpha value is -3.34. The smallest absolute Gasteiger partial charge is 0.167 e. The average Bonchev–Trinajstić information content (AvgIpc) is 3.21. The Labute approximate surface area is 194 Å². The number of imidazole rings is 1. The van der Waals surface area contributed by atoms with Gasteiger partial charge in [0.05, 0.1) is 33.8 Å². The quantitative estimate of drug-likeness (QED) is 0.284. The molecular weight excluding hydrogens is 443 g/mol. The van der Waals surface area contributed by atoms with E-state index in [1.54, 1.807) is 31.4 Å². The van der Waals surface area contributed by atoms with E-state index >= 15 is 0 Å². The fourth-order valence-corrected chi connectivity index (χ4v) is 4.50. The van der Waals surface area contributed by atoms with Crippen molar-refractivity contribution in [2.24, 2.45) is 0 Å². The molecule has 0 spiro atoms. The van der Waals surface area contributed by atoms with E-state index < -0.39 is 0 Å². The summed E-state index contributed by atoms with van der Waals surface area (Å²) in [5.41, 5.74) is 3.63. The number of H-pyrrole nitrogens is 1. The van der Waals surface area contributed by atoms with E-state index in [-0.39, 0.29) is 12.2 Å². The van der Waals surface area contributed by atoms with Gasteiger partial charge in [0.25, 0.3) is 0 Å². The molecule has 1 N–H and O–H groups in total. The van der Waals surface area contributed by atoms with Crippen LogP contribution in [-0.4, -0.2) is 22.9 Å². The van der Waals surface area contributed by atoms with Gasteiger partial charge in [-0.05, 0) is 47.3 Å². The van der Waals surface area contributed by atoms with Crippen molar-refractivity contribution in [3.8, 4) is 17.1 Å². The molecule has 0 radical (unpaired) electrons. The Bertz CT molecular complexity index is 1470. The van der Waals surface area contributed by atoms with Crippen LogP contribution in [0.15, 0.2) is 72.8 Å². The first-order valence-electron chi connectivity index (χ1n) is 10.1. The molecule has 0 unspecified atom stereocenters. The topological polar surface area (TPSA) is 55.0 Å². The van der Waals surface area contributed by atoms with Gasteiger partial charge in [0.1, 0.15) is 11.6 Å². The molecule has 5 aromatic rings. The number of Topliss-reactive ketones (excluding diaryl/α,β-unsaturated/α-hetero) is 1. The van der Waals surface area contributed by atoms with Crippen LogP contribution in [0.2, 0.25) is 10.0 Å². The number of aromatic nitrogens is 2. The first-order valence-corrected chi connectivity index (χ1v) is 10.8. The van der Waals surface area contributed by atoms with E-state index in [1.165, 1.54) is 0 Å². The zero-order valence-electron chi connectivity index (χ0n) is 17.2. The lowest BCUT2D eigenvalue weighted by atomic mass is 9.99. The molecule has 0 atom stereocenters. The summed E-state index contributed by atoms with van der Waals surface area (Å²) in [6.45, 7) is 0. The highest BCUT2D eigenvalue weighted by molar-refractivity contribution is 6.39. The number of carbonyl (C=O) groups is 1. The van der Waals surface area contributed by atoms with Crippen LogP contribution in [-0.2, 0) is 6.42 Å². The molecule has 4 nitrogen and oxygen atoms in total. The van der Waals surface area contributed by atoms with Crippen LogP contribution in [0, 0.1) is 0 Å². The first kappa shape index (κ1) is 20.6. The van der Waals surface area contributed by atoms with E-state index in [9.17, 15) is 4.79 Å². The molecule has 1 aromatic heterocycles. The molecule has 5 rings (SSSR count). The predicted octanol–water partition coefficient (Wildman–Crippen LogP) is 7.12. The van der Waals surface area contributed by atoms with Crippen molar-refractivity contribution in [3.05, 3.63) is 94.0 Å². The van der Waals surface area contributed by atoms with Gasteiger partial charge in [-0.25, -0.2) is 4.98 Å². The van der Waals surface area contributed by atoms with Gasteiger partial charge in [-0.2, -0.15) is 0 Å². The van der Waals surface area contributed by atoms with Crippen molar-refractivity contribution in [2.75, 3.05) is 7.11 Å². The Morgan fingerprint density at radius 3 is 2.53 bits per heavy atom. The number of nitrogens with zero attached hydrogens (tertiary/aromatic N) is 1. The lowest BCUT2D eigenvalue weighted by Crippen LogP contribution is -2.04. The second kappa shape index (κ2) is 8.30. The summed E-state index contributed by atoms with van der Waals surface area (Å²) < 4.78 is 5.53. The fourth-order valence-electron chi connectivity index (χ4n) is 3.92. The summed E-state index contributed by atoms with van der Waals surface area (Å²) in [6.07, 6.45) is 0.268. The standard InChI is InChI=1S/C26H18Cl2N2O2/c1-32-24-13-15(11-16-5-2-3-6-18(16)24)12-23(31)17-9-10-21-22(14-17)30-26(29-21)25-19(27)7-4-8-20(25)28/h2-11,13-14H,12H2,1H3,(H,29,30). The molecule has 0 bridgehead atoms. The van der Waals surface area contributed by atoms with Crippen molar-refractivity contribution >= 4 is 50.8 Å². The molecule has 0 fully saturated rings. The molecule has 0 amide bonds. The Balaban J connectivity index is 1.47. The number of carbonyl (C=O) groups excluding carboxylic acids is 1. The number of rotatable bonds is 5. The van der Waals surface area contributed by atoms with Gasteiger partial charge in [-0.15, -0.1) is 0 Å². The van der Waals surface area contributed by atoms with Gasteiger partial charge < -0.3 is 9.72 Å². The Kier molecular flexibility index (Phi) is 5.33. The van der Waals surface area contributed by atoms with Crippen molar-refractivity contribution in [3.63, 3.8) is 0 Å². The van der Waals surface area contributed by atoms with Gasteiger partial charge in [0.15, 0.2) is 5.78 Å². The number of aromatic amines is 1. The summed E-state index contributed by atoms with van der Waals surface area (Å²) >= 11 is 12.6. The lowest BCUT2D eigenvalue weighted by molar-refractivity contribution is 0.0993. The number of fused-ring (bicyclic) bond motifs is 2. The van der Waals surface area contributed by atoms with Crippen LogP contribution in [0.25, 0.3) is 33.2 Å². The maximum atomic E-state index is 13.1. The maximum absolute atomic E-state index is 13.1. The molecule has 0 saturated heterocycles. The summed E-state index contributed by atoms with van der Waals surface area (Å²) in [4.78, 5) is 20.9. The molecule has 0 aliphatic rings. The van der Waals surface area contributed by atoms with Crippen molar-refractivity contribution in [2.45, 2.75) is 6.42 Å². The average molecular weight is 461 g/mol. The van der Waals surface area contributed by atoms with Gasteiger partial charge in [0.2, 0.25) is 0 Å². The third kappa shape index (κ3) is 3.72.